The van der Waals surface area contributed by atoms with Crippen LogP contribution in [0, 0.1) is 42.4 Å². The summed E-state index contributed by atoms with van der Waals surface area (Å²) in [6, 6.07) is 0. The van der Waals surface area contributed by atoms with Crippen LogP contribution in [0.3, 0.4) is 0 Å². The number of carbonyl (C=O) groups is 2. The Bertz CT molecular complexity index is 2450. The molecule has 5 atom stereocenters. The molecular weight excluding hydrogens is 821 g/mol. The SMILES string of the molecule is C=CC1=C(C)C2=NC1=CC1=NC(=Cc3[n-]c4c(c3C)=C([O-])C(C(=O)OC)C=4C3=NC(=C2)C(C)C3CCC(=O)OC/C=C(/C)CCCC(C)CCCC(C)CCCC(C)C)C(CC)=C1C.[Mg+2]. The van der Waals surface area contributed by atoms with Crippen molar-refractivity contribution in [1.29, 1.82) is 0 Å². The average Bonchev–Trinajstić information content (AvgIpc) is 3.99. The van der Waals surface area contributed by atoms with Crippen LogP contribution in [-0.2, 0) is 19.1 Å². The summed E-state index contributed by atoms with van der Waals surface area (Å²) in [5.74, 6) is -0.711. The van der Waals surface area contributed by atoms with Crippen LogP contribution in [0.1, 0.15) is 151 Å². The first-order chi connectivity index (χ1) is 30.6. The Labute approximate surface area is 404 Å². The molecule has 0 aromatic carbocycles. The van der Waals surface area contributed by atoms with Gasteiger partial charge < -0.3 is 19.6 Å². The molecule has 1 aliphatic carbocycles. The van der Waals surface area contributed by atoms with Gasteiger partial charge in [0.25, 0.3) is 0 Å². The Balaban J connectivity index is 0.00000793. The molecule has 0 amide bonds. The number of allylic oxidation sites excluding steroid dienone is 8. The molecule has 0 saturated carbocycles. The minimum Gasteiger partial charge on any atom is -0.874 e. The minimum absolute atomic E-state index is 0. The number of aliphatic imine (C=N–C) groups is 3. The van der Waals surface area contributed by atoms with E-state index in [4.69, 9.17) is 29.4 Å². The average molecular weight is 894 g/mol. The van der Waals surface area contributed by atoms with E-state index in [9.17, 15) is 14.7 Å². The van der Waals surface area contributed by atoms with E-state index in [1.807, 2.05) is 44.2 Å². The smallest absolute Gasteiger partial charge is 0.874 e. The van der Waals surface area contributed by atoms with Crippen LogP contribution in [0.5, 0.6) is 0 Å². The van der Waals surface area contributed by atoms with Crippen molar-refractivity contribution in [3.8, 4) is 0 Å². The van der Waals surface area contributed by atoms with Crippen molar-refractivity contribution in [2.45, 2.75) is 146 Å². The van der Waals surface area contributed by atoms with E-state index >= 15 is 0 Å². The first kappa shape index (κ1) is 51.7. The van der Waals surface area contributed by atoms with Gasteiger partial charge in [-0.1, -0.05) is 116 Å². The molecular formula is C55H72MgN4O5. The normalized spacial score (nSPS) is 21.2. The number of hydrogen-bond donors (Lipinski definition) is 0. The monoisotopic (exact) mass is 893 g/mol. The van der Waals surface area contributed by atoms with E-state index in [2.05, 4.69) is 62.0 Å². The minimum atomic E-state index is -1.22. The molecule has 10 heteroatoms. The number of carbonyl (C=O) groups excluding carboxylic acids is 2. The number of rotatable bonds is 20. The largest absolute Gasteiger partial charge is 2.00 e. The Kier molecular flexibility index (Phi) is 18.3. The van der Waals surface area contributed by atoms with Gasteiger partial charge in [-0.15, -0.1) is 16.8 Å². The zero-order valence-electron chi connectivity index (χ0n) is 41.3. The number of esters is 2. The van der Waals surface area contributed by atoms with Gasteiger partial charge in [-0.3, -0.25) is 14.6 Å². The van der Waals surface area contributed by atoms with E-state index in [-0.39, 0.29) is 59.6 Å². The standard InChI is InChI=1S/C55H73N4O5.Mg/c1-13-39-35(8)42-28-44-37(10)41(24-25-48(60)64-27-26-34(7)23-17-22-33(6)21-16-20-32(5)19-15-18-31(3)4)52(58-44)50-51(55(62)63-12)54(61)49-38(11)45(59-53(49)50)30-47-40(14-2)36(9)43(57-47)29-46(39)56-42;/h13,26,28-33,37,41,51H,1,14-25,27H2,2-12H3,(H-,56,57,58,59,61);/q-1;+2/p-1/b34-26-;. The summed E-state index contributed by atoms with van der Waals surface area (Å²) in [6.45, 7) is 26.0. The number of aromatic nitrogens is 1. The number of methoxy groups -OCH3 is 1. The number of nitrogens with zero attached hydrogens (tertiary/aromatic N) is 4. The van der Waals surface area contributed by atoms with E-state index in [0.29, 0.717) is 45.4 Å². The molecule has 344 valence electrons. The van der Waals surface area contributed by atoms with Crippen molar-refractivity contribution in [3.63, 3.8) is 0 Å². The Morgan fingerprint density at radius 3 is 2.18 bits per heavy atom. The van der Waals surface area contributed by atoms with Gasteiger partial charge in [0, 0.05) is 35.2 Å². The van der Waals surface area contributed by atoms with Gasteiger partial charge in [0.1, 0.15) is 6.61 Å². The van der Waals surface area contributed by atoms with E-state index < -0.39 is 11.9 Å². The maximum absolute atomic E-state index is 14.4. The van der Waals surface area contributed by atoms with Crippen LogP contribution in [0.25, 0.3) is 17.4 Å². The Hall–Kier alpha value is -4.28. The second-order valence-corrected chi connectivity index (χ2v) is 19.4. The molecule has 0 spiro atoms. The summed E-state index contributed by atoms with van der Waals surface area (Å²) < 4.78 is 11.0. The van der Waals surface area contributed by atoms with Gasteiger partial charge in [-0.05, 0) is 117 Å². The van der Waals surface area contributed by atoms with Crippen molar-refractivity contribution < 1.29 is 24.2 Å². The molecule has 9 nitrogen and oxygen atoms in total. The molecule has 4 aliphatic heterocycles. The zero-order valence-corrected chi connectivity index (χ0v) is 42.7. The zero-order chi connectivity index (χ0) is 46.4. The topological polar surface area (TPSA) is 127 Å². The first-order valence-electron chi connectivity index (χ1n) is 24.0. The van der Waals surface area contributed by atoms with Crippen LogP contribution in [0.2, 0.25) is 0 Å². The molecule has 0 N–H and O–H groups in total. The molecule has 8 bridgehead atoms. The molecule has 1 aromatic rings. The van der Waals surface area contributed by atoms with Crippen LogP contribution in [0.4, 0.5) is 0 Å². The fourth-order valence-corrected chi connectivity index (χ4v) is 10.1. The molecule has 6 rings (SSSR count). The fourth-order valence-electron chi connectivity index (χ4n) is 10.1. The molecule has 0 radical (unpaired) electrons. The maximum Gasteiger partial charge on any atom is 2.00 e. The van der Waals surface area contributed by atoms with E-state index in [0.717, 1.165) is 81.9 Å². The number of hydrogen-bond acceptors (Lipinski definition) is 8. The molecule has 65 heavy (non-hydrogen) atoms. The third-order valence-corrected chi connectivity index (χ3v) is 14.2. The second kappa shape index (κ2) is 22.9. The van der Waals surface area contributed by atoms with Crippen molar-refractivity contribution in [3.05, 3.63) is 97.7 Å². The summed E-state index contributed by atoms with van der Waals surface area (Å²) >= 11 is 0. The van der Waals surface area contributed by atoms with Gasteiger partial charge in [0.05, 0.1) is 35.8 Å². The van der Waals surface area contributed by atoms with Crippen molar-refractivity contribution >= 4 is 69.5 Å². The van der Waals surface area contributed by atoms with Gasteiger partial charge in [-0.2, -0.15) is 0 Å². The summed E-state index contributed by atoms with van der Waals surface area (Å²) in [6.07, 6.45) is 22.4. The predicted molar refractivity (Wildman–Crippen MR) is 265 cm³/mol. The van der Waals surface area contributed by atoms with Gasteiger partial charge in [0.2, 0.25) is 0 Å². The third kappa shape index (κ3) is 11.6. The summed E-state index contributed by atoms with van der Waals surface area (Å²) in [5.41, 5.74) is 11.4. The third-order valence-electron chi connectivity index (χ3n) is 14.2. The summed E-state index contributed by atoms with van der Waals surface area (Å²) in [5, 5.41) is 15.2. The molecule has 0 fully saturated rings. The van der Waals surface area contributed by atoms with E-state index in [1.165, 1.54) is 57.6 Å². The Morgan fingerprint density at radius 2 is 1.54 bits per heavy atom. The van der Waals surface area contributed by atoms with Crippen LogP contribution < -0.4 is 20.7 Å². The van der Waals surface area contributed by atoms with Crippen LogP contribution >= 0.6 is 0 Å². The van der Waals surface area contributed by atoms with Crippen molar-refractivity contribution in [2.24, 2.45) is 50.5 Å². The summed E-state index contributed by atoms with van der Waals surface area (Å²) in [7, 11) is 1.30. The van der Waals surface area contributed by atoms with E-state index in [1.54, 1.807) is 0 Å². The Morgan fingerprint density at radius 1 is 0.892 bits per heavy atom. The first-order valence-corrected chi connectivity index (χ1v) is 24.0. The predicted octanol–water partition coefficient (Wildman–Crippen LogP) is 9.67. The second-order valence-electron chi connectivity index (χ2n) is 19.4. The molecule has 5 unspecified atom stereocenters. The van der Waals surface area contributed by atoms with Gasteiger partial charge in [-0.25, -0.2) is 9.98 Å². The van der Waals surface area contributed by atoms with Gasteiger partial charge in [0.15, 0.2) is 0 Å². The van der Waals surface area contributed by atoms with Crippen molar-refractivity contribution in [2.75, 3.05) is 13.7 Å². The number of fused-ring (bicyclic) bond motifs is 5. The van der Waals surface area contributed by atoms with Crippen LogP contribution in [0.15, 0.2) is 90.8 Å². The summed E-state index contributed by atoms with van der Waals surface area (Å²) in [4.78, 5) is 47.5. The number of ether oxygens (including phenoxy) is 2. The van der Waals surface area contributed by atoms with Crippen molar-refractivity contribution in [1.82, 2.24) is 4.98 Å². The molecule has 5 aliphatic rings. The fraction of sp³-hybridized carbons (Fsp3) is 0.545. The van der Waals surface area contributed by atoms with Crippen LogP contribution in [-0.4, -0.2) is 65.8 Å². The quantitative estimate of drug-likeness (QED) is 0.0729. The maximum atomic E-state index is 14.4. The molecule has 0 saturated heterocycles. The van der Waals surface area contributed by atoms with Gasteiger partial charge >= 0.3 is 35.0 Å². The molecule has 1 aromatic heterocycles. The molecule has 5 heterocycles.